The number of H-pyrrole nitrogens is 1. The first-order valence-electron chi connectivity index (χ1n) is 10.1. The third-order valence-electron chi connectivity index (χ3n) is 4.52. The maximum absolute atomic E-state index is 13.1. The summed E-state index contributed by atoms with van der Waals surface area (Å²) in [4.78, 5) is 40.8. The predicted molar refractivity (Wildman–Crippen MR) is 122 cm³/mol. The lowest BCUT2D eigenvalue weighted by atomic mass is 10.0. The van der Waals surface area contributed by atoms with Crippen molar-refractivity contribution in [1.29, 1.82) is 0 Å². The molecule has 3 N–H and O–H groups in total. The molecule has 0 saturated carbocycles. The van der Waals surface area contributed by atoms with E-state index in [9.17, 15) is 14.4 Å². The fourth-order valence-corrected chi connectivity index (χ4v) is 3.55. The molecule has 1 heterocycles. The number of aromatic nitrogens is 1. The van der Waals surface area contributed by atoms with E-state index < -0.39 is 35.7 Å². The molecule has 0 aliphatic rings. The first-order valence-corrected chi connectivity index (χ1v) is 11.5. The molecule has 8 nitrogen and oxygen atoms in total. The number of fused-ring (bicyclic) bond motifs is 1. The fourth-order valence-electron chi connectivity index (χ4n) is 3.08. The van der Waals surface area contributed by atoms with Crippen LogP contribution in [0.2, 0.25) is 0 Å². The Labute approximate surface area is 186 Å². The average molecular weight is 450 g/mol. The molecule has 0 fully saturated rings. The third-order valence-corrected chi connectivity index (χ3v) is 5.16. The molecule has 2 aromatic rings. The Hall–Kier alpha value is -2.68. The Morgan fingerprint density at radius 1 is 1.13 bits per heavy atom. The van der Waals surface area contributed by atoms with E-state index in [-0.39, 0.29) is 6.42 Å². The monoisotopic (exact) mass is 449 g/mol. The summed E-state index contributed by atoms with van der Waals surface area (Å²) in [5, 5.41) is 6.33. The molecule has 0 aliphatic carbocycles. The zero-order chi connectivity index (χ0) is 23.0. The molecule has 2 amide bonds. The van der Waals surface area contributed by atoms with Gasteiger partial charge in [0.25, 0.3) is 0 Å². The Balaban J connectivity index is 2.23. The summed E-state index contributed by atoms with van der Waals surface area (Å²) in [7, 11) is 1.28. The van der Waals surface area contributed by atoms with Crippen molar-refractivity contribution in [3.05, 3.63) is 36.0 Å². The number of esters is 1. The van der Waals surface area contributed by atoms with E-state index in [1.807, 2.05) is 36.7 Å². The second-order valence-electron chi connectivity index (χ2n) is 8.13. The van der Waals surface area contributed by atoms with Gasteiger partial charge in [-0.2, -0.15) is 11.8 Å². The first kappa shape index (κ1) is 24.6. The standard InChI is InChI=1S/C22H31N3O5S/c1-22(2,3)30-21(28)25-18(12-14-13-23-16-9-7-6-8-15(14)16)19(26)24-17(10-11-31-5)20(27)29-4/h6-9,13,17-18,23H,10-12H2,1-5H3,(H,24,26)(H,25,28)/t17-,18-/m0/s1. The van der Waals surface area contributed by atoms with Crippen LogP contribution in [0.5, 0.6) is 0 Å². The number of hydrogen-bond acceptors (Lipinski definition) is 6. The first-order chi connectivity index (χ1) is 14.6. The van der Waals surface area contributed by atoms with Crippen molar-refractivity contribution in [2.45, 2.75) is 51.3 Å². The molecule has 0 saturated heterocycles. The topological polar surface area (TPSA) is 110 Å². The van der Waals surface area contributed by atoms with Crippen molar-refractivity contribution >= 4 is 40.6 Å². The number of ether oxygens (including phenoxy) is 2. The van der Waals surface area contributed by atoms with Crippen LogP contribution in [0.15, 0.2) is 30.5 Å². The van der Waals surface area contributed by atoms with Gasteiger partial charge in [-0.05, 0) is 50.8 Å². The van der Waals surface area contributed by atoms with E-state index in [1.165, 1.54) is 7.11 Å². The smallest absolute Gasteiger partial charge is 0.408 e. The molecule has 2 rings (SSSR count). The van der Waals surface area contributed by atoms with Gasteiger partial charge in [0, 0.05) is 23.5 Å². The number of methoxy groups -OCH3 is 1. The van der Waals surface area contributed by atoms with Gasteiger partial charge in [0.2, 0.25) is 5.91 Å². The van der Waals surface area contributed by atoms with Crippen molar-refractivity contribution in [2.24, 2.45) is 0 Å². The number of rotatable bonds is 9. The molecule has 1 aromatic carbocycles. The van der Waals surface area contributed by atoms with Crippen LogP contribution in [0.3, 0.4) is 0 Å². The zero-order valence-electron chi connectivity index (χ0n) is 18.6. The van der Waals surface area contributed by atoms with Crippen LogP contribution >= 0.6 is 11.8 Å². The maximum atomic E-state index is 13.1. The number of thioether (sulfide) groups is 1. The summed E-state index contributed by atoms with van der Waals surface area (Å²) in [6.07, 6.45) is 3.68. The van der Waals surface area contributed by atoms with Crippen molar-refractivity contribution in [3.63, 3.8) is 0 Å². The molecular weight excluding hydrogens is 418 g/mol. The Morgan fingerprint density at radius 3 is 2.48 bits per heavy atom. The number of amides is 2. The van der Waals surface area contributed by atoms with Crippen LogP contribution in [-0.2, 0) is 25.5 Å². The Morgan fingerprint density at radius 2 is 1.84 bits per heavy atom. The summed E-state index contributed by atoms with van der Waals surface area (Å²) < 4.78 is 10.2. The normalized spacial score (nSPS) is 13.3. The van der Waals surface area contributed by atoms with Crippen molar-refractivity contribution in [1.82, 2.24) is 15.6 Å². The largest absolute Gasteiger partial charge is 0.467 e. The minimum Gasteiger partial charge on any atom is -0.467 e. The highest BCUT2D eigenvalue weighted by molar-refractivity contribution is 7.98. The minimum absolute atomic E-state index is 0.228. The van der Waals surface area contributed by atoms with E-state index in [1.54, 1.807) is 32.5 Å². The van der Waals surface area contributed by atoms with Crippen LogP contribution in [0.1, 0.15) is 32.8 Å². The van der Waals surface area contributed by atoms with Crippen LogP contribution < -0.4 is 10.6 Å². The number of aromatic amines is 1. The zero-order valence-corrected chi connectivity index (χ0v) is 19.4. The molecule has 9 heteroatoms. The van der Waals surface area contributed by atoms with E-state index in [4.69, 9.17) is 9.47 Å². The van der Waals surface area contributed by atoms with E-state index in [2.05, 4.69) is 15.6 Å². The molecule has 0 spiro atoms. The highest BCUT2D eigenvalue weighted by Crippen LogP contribution is 2.19. The van der Waals surface area contributed by atoms with Gasteiger partial charge in [0.15, 0.2) is 0 Å². The lowest BCUT2D eigenvalue weighted by Gasteiger charge is -2.24. The van der Waals surface area contributed by atoms with Crippen molar-refractivity contribution in [3.8, 4) is 0 Å². The molecule has 0 aliphatic heterocycles. The number of nitrogens with one attached hydrogen (secondary N) is 3. The second kappa shape index (κ2) is 11.1. The molecule has 170 valence electrons. The number of carbonyl (C=O) groups excluding carboxylic acids is 3. The molecule has 0 radical (unpaired) electrons. The van der Waals surface area contributed by atoms with Gasteiger partial charge in [-0.25, -0.2) is 9.59 Å². The summed E-state index contributed by atoms with van der Waals surface area (Å²) in [5.41, 5.74) is 1.09. The minimum atomic E-state index is -0.935. The van der Waals surface area contributed by atoms with Gasteiger partial charge >= 0.3 is 12.1 Å². The Kier molecular flexibility index (Phi) is 8.79. The van der Waals surface area contributed by atoms with Gasteiger partial charge in [0.05, 0.1) is 7.11 Å². The highest BCUT2D eigenvalue weighted by atomic mass is 32.2. The van der Waals surface area contributed by atoms with Gasteiger partial charge < -0.3 is 25.1 Å². The van der Waals surface area contributed by atoms with Crippen LogP contribution in [-0.4, -0.2) is 59.8 Å². The summed E-state index contributed by atoms with van der Waals surface area (Å²) in [6.45, 7) is 5.24. The lowest BCUT2D eigenvalue weighted by Crippen LogP contribution is -2.53. The molecule has 31 heavy (non-hydrogen) atoms. The number of hydrogen-bond donors (Lipinski definition) is 3. The summed E-state index contributed by atoms with van der Waals surface area (Å²) in [5.74, 6) is -0.328. The van der Waals surface area contributed by atoms with Crippen molar-refractivity contribution in [2.75, 3.05) is 19.1 Å². The number of benzene rings is 1. The number of para-hydroxylation sites is 1. The van der Waals surface area contributed by atoms with Gasteiger partial charge in [-0.1, -0.05) is 18.2 Å². The summed E-state index contributed by atoms with van der Waals surface area (Å²) >= 11 is 1.56. The van der Waals surface area contributed by atoms with Crippen LogP contribution in [0, 0.1) is 0 Å². The highest BCUT2D eigenvalue weighted by Gasteiger charge is 2.29. The Bertz CT molecular complexity index is 906. The van der Waals surface area contributed by atoms with Crippen molar-refractivity contribution < 1.29 is 23.9 Å². The molecular formula is C22H31N3O5S. The third kappa shape index (κ3) is 7.50. The summed E-state index contributed by atoms with van der Waals surface area (Å²) in [6, 6.07) is 5.97. The molecule has 0 unspecified atom stereocenters. The van der Waals surface area contributed by atoms with E-state index in [0.717, 1.165) is 16.5 Å². The number of carbonyl (C=O) groups is 3. The maximum Gasteiger partial charge on any atom is 0.408 e. The van der Waals surface area contributed by atoms with Gasteiger partial charge in [-0.15, -0.1) is 0 Å². The lowest BCUT2D eigenvalue weighted by molar-refractivity contribution is -0.145. The SMILES string of the molecule is COC(=O)[C@H](CCSC)NC(=O)[C@H](Cc1c[nH]c2ccccc12)NC(=O)OC(C)(C)C. The fraction of sp³-hybridized carbons (Fsp3) is 0.500. The van der Waals surface area contributed by atoms with Gasteiger partial charge in [-0.3, -0.25) is 4.79 Å². The quantitative estimate of drug-likeness (QED) is 0.508. The molecule has 0 bridgehead atoms. The van der Waals surface area contributed by atoms with Gasteiger partial charge in [0.1, 0.15) is 17.7 Å². The number of alkyl carbamates (subject to hydrolysis) is 1. The predicted octanol–water partition coefficient (Wildman–Crippen LogP) is 3.01. The second-order valence-corrected chi connectivity index (χ2v) is 9.11. The molecule has 1 aromatic heterocycles. The average Bonchev–Trinajstić information content (AvgIpc) is 3.11. The van der Waals surface area contributed by atoms with Crippen LogP contribution in [0.4, 0.5) is 4.79 Å². The van der Waals surface area contributed by atoms with E-state index in [0.29, 0.717) is 12.2 Å². The van der Waals surface area contributed by atoms with Crippen LogP contribution in [0.25, 0.3) is 10.9 Å². The van der Waals surface area contributed by atoms with E-state index >= 15 is 0 Å². The molecule has 2 atom stereocenters.